The van der Waals surface area contributed by atoms with Gasteiger partial charge in [0.25, 0.3) is 0 Å². The molecule has 2 aromatic carbocycles. The van der Waals surface area contributed by atoms with E-state index in [4.69, 9.17) is 21.3 Å². The smallest absolute Gasteiger partial charge is 0.335 e. The van der Waals surface area contributed by atoms with E-state index >= 15 is 0 Å². The summed E-state index contributed by atoms with van der Waals surface area (Å²) in [6.45, 7) is 7.48. The highest BCUT2D eigenvalue weighted by Crippen LogP contribution is 2.31. The third-order valence-corrected chi connectivity index (χ3v) is 8.37. The third-order valence-electron chi connectivity index (χ3n) is 8.13. The summed E-state index contributed by atoms with van der Waals surface area (Å²) in [6, 6.07) is 11.6. The highest BCUT2D eigenvalue weighted by Gasteiger charge is 2.26. The molecule has 1 N–H and O–H groups in total. The highest BCUT2D eigenvalue weighted by atomic mass is 35.5. The van der Waals surface area contributed by atoms with Gasteiger partial charge in [0, 0.05) is 42.5 Å². The van der Waals surface area contributed by atoms with Gasteiger partial charge in [-0.05, 0) is 57.0 Å². The van der Waals surface area contributed by atoms with Gasteiger partial charge in [0.1, 0.15) is 17.7 Å². The first-order chi connectivity index (χ1) is 20.8. The van der Waals surface area contributed by atoms with Crippen LogP contribution in [0.2, 0.25) is 5.02 Å². The summed E-state index contributed by atoms with van der Waals surface area (Å²) >= 11 is 5.92. The number of halogens is 2. The number of carboxylic acid groups (broad SMARTS) is 1. The van der Waals surface area contributed by atoms with Crippen molar-refractivity contribution in [2.45, 2.75) is 58.5 Å². The number of carboxylic acids is 1. The van der Waals surface area contributed by atoms with Gasteiger partial charge in [-0.3, -0.25) is 4.90 Å². The van der Waals surface area contributed by atoms with Crippen molar-refractivity contribution >= 4 is 28.6 Å². The first-order valence-electron chi connectivity index (χ1n) is 14.4. The zero-order chi connectivity index (χ0) is 30.1. The highest BCUT2D eigenvalue weighted by molar-refractivity contribution is 6.30. The standard InChI is InChI=1S/C31H33ClFN7O3/c1-3-38-19-34-16-24(38)17-39-28-14-21(31(41)42)4-7-27(28)36-29(39)18-37-12-9-23(10-13-37)40-30(8-11-35-40)43-20(2)25-6-5-22(32)15-26(25)33/h4-8,11,14-16,19-20,23H,3,9-10,12-13,17-18H2,1-2H3,(H,41,42)/t20-/m1/s1. The average molecular weight is 606 g/mol. The molecule has 0 unspecified atom stereocenters. The van der Waals surface area contributed by atoms with Crippen molar-refractivity contribution in [1.82, 2.24) is 33.8 Å². The number of rotatable bonds is 10. The molecule has 0 aliphatic carbocycles. The Labute approximate surface area is 253 Å². The van der Waals surface area contributed by atoms with Crippen molar-refractivity contribution in [2.24, 2.45) is 0 Å². The van der Waals surface area contributed by atoms with Gasteiger partial charge in [0.15, 0.2) is 0 Å². The molecule has 5 aromatic rings. The average Bonchev–Trinajstić information content (AvgIpc) is 3.72. The van der Waals surface area contributed by atoms with E-state index in [1.54, 1.807) is 36.5 Å². The van der Waals surface area contributed by atoms with Crippen molar-refractivity contribution in [3.63, 3.8) is 0 Å². The number of likely N-dealkylation sites (tertiary alicyclic amines) is 1. The van der Waals surface area contributed by atoms with Gasteiger partial charge in [-0.1, -0.05) is 17.7 Å². The molecule has 1 aliphatic heterocycles. The Morgan fingerprint density at radius 1 is 1.16 bits per heavy atom. The number of benzene rings is 2. The molecule has 10 nitrogen and oxygen atoms in total. The number of hydrogen-bond donors (Lipinski definition) is 1. The van der Waals surface area contributed by atoms with Gasteiger partial charge < -0.3 is 19.0 Å². The van der Waals surface area contributed by atoms with E-state index in [-0.39, 0.29) is 11.6 Å². The Bertz CT molecular complexity index is 1760. The molecule has 12 heteroatoms. The first kappa shape index (κ1) is 28.9. The molecular formula is C31H33ClFN7O3. The number of aryl methyl sites for hydroxylation is 1. The van der Waals surface area contributed by atoms with Crippen LogP contribution in [0.3, 0.4) is 0 Å². The third kappa shape index (κ3) is 6.00. The van der Waals surface area contributed by atoms with Gasteiger partial charge in [0.2, 0.25) is 5.88 Å². The Morgan fingerprint density at radius 3 is 2.72 bits per heavy atom. The molecule has 3 aromatic heterocycles. The normalized spacial score (nSPS) is 15.3. The predicted molar refractivity (Wildman–Crippen MR) is 160 cm³/mol. The van der Waals surface area contributed by atoms with E-state index in [1.807, 2.05) is 30.2 Å². The summed E-state index contributed by atoms with van der Waals surface area (Å²) in [4.78, 5) is 23.3. The minimum atomic E-state index is -0.966. The van der Waals surface area contributed by atoms with E-state index in [0.717, 1.165) is 55.0 Å². The van der Waals surface area contributed by atoms with E-state index in [1.165, 1.54) is 6.07 Å². The van der Waals surface area contributed by atoms with Crippen LogP contribution in [0.1, 0.15) is 66.3 Å². The lowest BCUT2D eigenvalue weighted by Crippen LogP contribution is -2.35. The van der Waals surface area contributed by atoms with Crippen LogP contribution in [-0.4, -0.2) is 57.9 Å². The Hall–Kier alpha value is -4.22. The first-order valence-corrected chi connectivity index (χ1v) is 14.8. The largest absolute Gasteiger partial charge is 0.478 e. The number of imidazole rings is 2. The molecule has 0 radical (unpaired) electrons. The van der Waals surface area contributed by atoms with E-state index in [0.29, 0.717) is 29.6 Å². The maximum atomic E-state index is 14.5. The summed E-state index contributed by atoms with van der Waals surface area (Å²) in [5, 5.41) is 14.5. The number of aromatic nitrogens is 6. The number of piperidine rings is 1. The molecule has 4 heterocycles. The van der Waals surface area contributed by atoms with Gasteiger partial charge in [-0.15, -0.1) is 0 Å². The number of ether oxygens (including phenoxy) is 1. The lowest BCUT2D eigenvalue weighted by atomic mass is 10.1. The lowest BCUT2D eigenvalue weighted by Gasteiger charge is -2.32. The Morgan fingerprint density at radius 2 is 1.98 bits per heavy atom. The number of aromatic carboxylic acids is 1. The summed E-state index contributed by atoms with van der Waals surface area (Å²) < 4.78 is 26.7. The van der Waals surface area contributed by atoms with Crippen LogP contribution in [0, 0.1) is 5.82 Å². The van der Waals surface area contributed by atoms with Crippen LogP contribution >= 0.6 is 11.6 Å². The molecule has 224 valence electrons. The topological polar surface area (TPSA) is 103 Å². The van der Waals surface area contributed by atoms with Crippen LogP contribution in [0.25, 0.3) is 11.0 Å². The SMILES string of the molecule is CCn1cncc1Cn1c(CN2CCC(n3nccc3O[C@H](C)c3ccc(Cl)cc3F)CC2)nc2ccc(C(=O)O)cc21. The van der Waals surface area contributed by atoms with Crippen LogP contribution in [0.4, 0.5) is 4.39 Å². The molecule has 43 heavy (non-hydrogen) atoms. The summed E-state index contributed by atoms with van der Waals surface area (Å²) in [5.74, 6) is 0.112. The fraction of sp³-hybridized carbons (Fsp3) is 0.355. The number of carbonyl (C=O) groups is 1. The minimum Gasteiger partial charge on any atom is -0.478 e. The molecule has 0 bridgehead atoms. The molecule has 0 spiro atoms. The van der Waals surface area contributed by atoms with Crippen molar-refractivity contribution in [3.05, 3.63) is 94.7 Å². The maximum absolute atomic E-state index is 14.5. The quantitative estimate of drug-likeness (QED) is 0.209. The molecule has 1 saturated heterocycles. The second kappa shape index (κ2) is 12.2. The Kier molecular flexibility index (Phi) is 8.18. The summed E-state index contributed by atoms with van der Waals surface area (Å²) in [7, 11) is 0. The van der Waals surface area contributed by atoms with Crippen LogP contribution in [-0.2, 0) is 19.6 Å². The van der Waals surface area contributed by atoms with Gasteiger partial charge in [-0.25, -0.2) is 23.8 Å². The fourth-order valence-electron chi connectivity index (χ4n) is 5.80. The zero-order valence-electron chi connectivity index (χ0n) is 24.0. The van der Waals surface area contributed by atoms with Crippen LogP contribution in [0.5, 0.6) is 5.88 Å². The number of nitrogens with zero attached hydrogens (tertiary/aromatic N) is 7. The van der Waals surface area contributed by atoms with Gasteiger partial charge >= 0.3 is 5.97 Å². The molecule has 0 saturated carbocycles. The molecular weight excluding hydrogens is 573 g/mol. The Balaban J connectivity index is 1.17. The van der Waals surface area contributed by atoms with Gasteiger partial charge in [-0.2, -0.15) is 5.10 Å². The molecule has 6 rings (SSSR count). The van der Waals surface area contributed by atoms with Crippen molar-refractivity contribution in [1.29, 1.82) is 0 Å². The van der Waals surface area contributed by atoms with Crippen LogP contribution in [0.15, 0.2) is 61.2 Å². The van der Waals surface area contributed by atoms with Crippen molar-refractivity contribution in [2.75, 3.05) is 13.1 Å². The second-order valence-corrected chi connectivity index (χ2v) is 11.3. The molecule has 0 amide bonds. The van der Waals surface area contributed by atoms with Gasteiger partial charge in [0.05, 0.1) is 53.9 Å². The second-order valence-electron chi connectivity index (χ2n) is 10.8. The molecule has 1 fully saturated rings. The molecule has 1 atom stereocenters. The van der Waals surface area contributed by atoms with Crippen LogP contribution < -0.4 is 4.74 Å². The minimum absolute atomic E-state index is 0.138. The zero-order valence-corrected chi connectivity index (χ0v) is 24.8. The van der Waals surface area contributed by atoms with Crippen molar-refractivity contribution in [3.8, 4) is 5.88 Å². The maximum Gasteiger partial charge on any atom is 0.335 e. The van der Waals surface area contributed by atoms with E-state index < -0.39 is 17.9 Å². The van der Waals surface area contributed by atoms with E-state index in [9.17, 15) is 14.3 Å². The summed E-state index contributed by atoms with van der Waals surface area (Å²) in [5.41, 5.74) is 3.25. The van der Waals surface area contributed by atoms with E-state index in [2.05, 4.69) is 31.0 Å². The van der Waals surface area contributed by atoms with Crippen molar-refractivity contribution < 1.29 is 19.0 Å². The summed E-state index contributed by atoms with van der Waals surface area (Å²) in [6.07, 6.45) is 6.56. The lowest BCUT2D eigenvalue weighted by molar-refractivity contribution is 0.0697. The monoisotopic (exact) mass is 605 g/mol. The number of fused-ring (bicyclic) bond motifs is 1. The molecule has 1 aliphatic rings. The fourth-order valence-corrected chi connectivity index (χ4v) is 5.96. The predicted octanol–water partition coefficient (Wildman–Crippen LogP) is 5.97. The number of hydrogen-bond acceptors (Lipinski definition) is 6.